The van der Waals surface area contributed by atoms with Crippen molar-refractivity contribution in [3.63, 3.8) is 0 Å². The second-order valence-corrected chi connectivity index (χ2v) is 4.53. The maximum absolute atomic E-state index is 13.4. The minimum Gasteiger partial charge on any atom is -0.347 e. The van der Waals surface area contributed by atoms with E-state index in [0.717, 1.165) is 0 Å². The topological polar surface area (TPSA) is 58.2 Å². The molecule has 0 unspecified atom stereocenters. The Bertz CT molecular complexity index is 689. The molecule has 0 heterocycles. The van der Waals surface area contributed by atoms with Gasteiger partial charge in [-0.2, -0.15) is 0 Å². The number of hydrogen-bond acceptors (Lipinski definition) is 2. The number of carbonyl (C=O) groups is 2. The molecule has 114 valence electrons. The number of carbonyl (C=O) groups excluding carboxylic acids is 2. The van der Waals surface area contributed by atoms with Crippen molar-refractivity contribution in [3.8, 4) is 0 Å². The zero-order chi connectivity index (χ0) is 15.9. The van der Waals surface area contributed by atoms with Gasteiger partial charge >= 0.3 is 11.8 Å². The van der Waals surface area contributed by atoms with Crippen LogP contribution >= 0.6 is 0 Å². The molecule has 6 heteroatoms. The van der Waals surface area contributed by atoms with Crippen LogP contribution in [0.4, 0.5) is 14.5 Å². The number of benzene rings is 2. The van der Waals surface area contributed by atoms with E-state index < -0.39 is 17.6 Å². The molecule has 2 amide bonds. The molecule has 22 heavy (non-hydrogen) atoms. The minimum absolute atomic E-state index is 0.0725. The van der Waals surface area contributed by atoms with Gasteiger partial charge in [0.2, 0.25) is 0 Å². The summed E-state index contributed by atoms with van der Waals surface area (Å²) in [7, 11) is 0. The van der Waals surface area contributed by atoms with Gasteiger partial charge in [-0.3, -0.25) is 9.59 Å². The lowest BCUT2D eigenvalue weighted by Gasteiger charge is -2.07. The second-order valence-electron chi connectivity index (χ2n) is 4.53. The molecule has 0 saturated carbocycles. The molecule has 0 aliphatic rings. The highest BCUT2D eigenvalue weighted by Crippen LogP contribution is 2.12. The SMILES string of the molecule is O=C(NCCc1ccccc1F)C(=O)Nc1ccccc1F. The Labute approximate surface area is 126 Å². The van der Waals surface area contributed by atoms with E-state index in [-0.39, 0.29) is 24.5 Å². The van der Waals surface area contributed by atoms with E-state index in [1.54, 1.807) is 18.2 Å². The van der Waals surface area contributed by atoms with Gasteiger partial charge in [0.25, 0.3) is 0 Å². The average Bonchev–Trinajstić information content (AvgIpc) is 2.51. The Morgan fingerprint density at radius 1 is 0.864 bits per heavy atom. The maximum atomic E-state index is 13.4. The monoisotopic (exact) mass is 304 g/mol. The third-order valence-electron chi connectivity index (χ3n) is 2.97. The molecular formula is C16H14F2N2O2. The molecule has 0 spiro atoms. The van der Waals surface area contributed by atoms with Crippen molar-refractivity contribution in [2.24, 2.45) is 0 Å². The van der Waals surface area contributed by atoms with Gasteiger partial charge in [-0.05, 0) is 30.2 Å². The number of rotatable bonds is 4. The lowest BCUT2D eigenvalue weighted by Crippen LogP contribution is -2.36. The van der Waals surface area contributed by atoms with Crippen molar-refractivity contribution >= 4 is 17.5 Å². The summed E-state index contributed by atoms with van der Waals surface area (Å²) >= 11 is 0. The maximum Gasteiger partial charge on any atom is 0.313 e. The molecule has 0 aromatic heterocycles. The summed E-state index contributed by atoms with van der Waals surface area (Å²) < 4.78 is 26.7. The van der Waals surface area contributed by atoms with Gasteiger partial charge in [-0.25, -0.2) is 8.78 Å². The summed E-state index contributed by atoms with van der Waals surface area (Å²) in [6, 6.07) is 11.7. The smallest absolute Gasteiger partial charge is 0.313 e. The Hall–Kier alpha value is -2.76. The van der Waals surface area contributed by atoms with E-state index in [1.165, 1.54) is 30.3 Å². The molecule has 0 aliphatic heterocycles. The zero-order valence-corrected chi connectivity index (χ0v) is 11.6. The first kappa shape index (κ1) is 15.6. The van der Waals surface area contributed by atoms with Crippen LogP contribution < -0.4 is 10.6 Å². The van der Waals surface area contributed by atoms with Gasteiger partial charge in [-0.15, -0.1) is 0 Å². The molecule has 4 nitrogen and oxygen atoms in total. The fourth-order valence-electron chi connectivity index (χ4n) is 1.83. The van der Waals surface area contributed by atoms with E-state index in [1.807, 2.05) is 0 Å². The van der Waals surface area contributed by atoms with Crippen LogP contribution in [0.15, 0.2) is 48.5 Å². The van der Waals surface area contributed by atoms with Gasteiger partial charge in [0.15, 0.2) is 0 Å². The summed E-state index contributed by atoms with van der Waals surface area (Å²) in [6.07, 6.45) is 0.255. The van der Waals surface area contributed by atoms with Crippen LogP contribution in [0.25, 0.3) is 0 Å². The number of para-hydroxylation sites is 1. The zero-order valence-electron chi connectivity index (χ0n) is 11.6. The summed E-state index contributed by atoms with van der Waals surface area (Å²) in [5.41, 5.74) is 0.370. The van der Waals surface area contributed by atoms with Crippen molar-refractivity contribution in [3.05, 3.63) is 65.7 Å². The van der Waals surface area contributed by atoms with Gasteiger partial charge in [0, 0.05) is 6.54 Å². The Morgan fingerprint density at radius 2 is 1.50 bits per heavy atom. The molecule has 0 aliphatic carbocycles. The molecular weight excluding hydrogens is 290 g/mol. The van der Waals surface area contributed by atoms with Crippen LogP contribution in [0, 0.1) is 11.6 Å². The standard InChI is InChI=1S/C16H14F2N2O2/c17-12-6-2-1-5-11(12)9-10-19-15(21)16(22)20-14-8-4-3-7-13(14)18/h1-8H,9-10H2,(H,19,21)(H,20,22). The van der Waals surface area contributed by atoms with Crippen molar-refractivity contribution in [2.75, 3.05) is 11.9 Å². The lowest BCUT2D eigenvalue weighted by molar-refractivity contribution is -0.136. The largest absolute Gasteiger partial charge is 0.347 e. The normalized spacial score (nSPS) is 10.1. The molecule has 0 fully saturated rings. The summed E-state index contributed by atoms with van der Waals surface area (Å²) in [5.74, 6) is -2.87. The first-order valence-corrected chi connectivity index (χ1v) is 6.65. The van der Waals surface area contributed by atoms with Gasteiger partial charge < -0.3 is 10.6 Å². The van der Waals surface area contributed by atoms with Gasteiger partial charge in [0.05, 0.1) is 5.69 Å². The molecule has 2 aromatic carbocycles. The third kappa shape index (κ3) is 4.12. The molecule has 2 rings (SSSR count). The van der Waals surface area contributed by atoms with Crippen LogP contribution in [0.5, 0.6) is 0 Å². The number of halogens is 2. The molecule has 0 saturated heterocycles. The molecule has 0 radical (unpaired) electrons. The number of hydrogen-bond donors (Lipinski definition) is 2. The molecule has 0 atom stereocenters. The first-order valence-electron chi connectivity index (χ1n) is 6.65. The van der Waals surface area contributed by atoms with E-state index in [9.17, 15) is 18.4 Å². The van der Waals surface area contributed by atoms with Crippen molar-refractivity contribution in [1.82, 2.24) is 5.32 Å². The quantitative estimate of drug-likeness (QED) is 0.851. The predicted molar refractivity (Wildman–Crippen MR) is 78.1 cm³/mol. The highest BCUT2D eigenvalue weighted by molar-refractivity contribution is 6.39. The van der Waals surface area contributed by atoms with Crippen LogP contribution in [0.3, 0.4) is 0 Å². The van der Waals surface area contributed by atoms with Crippen molar-refractivity contribution in [2.45, 2.75) is 6.42 Å². The molecule has 2 N–H and O–H groups in total. The van der Waals surface area contributed by atoms with Crippen LogP contribution in [-0.2, 0) is 16.0 Å². The van der Waals surface area contributed by atoms with Gasteiger partial charge in [-0.1, -0.05) is 30.3 Å². The Kier molecular flexibility index (Phi) is 5.19. The number of anilines is 1. The highest BCUT2D eigenvalue weighted by Gasteiger charge is 2.15. The van der Waals surface area contributed by atoms with E-state index in [4.69, 9.17) is 0 Å². The fraction of sp³-hybridized carbons (Fsp3) is 0.125. The highest BCUT2D eigenvalue weighted by atomic mass is 19.1. The second kappa shape index (κ2) is 7.31. The van der Waals surface area contributed by atoms with Crippen LogP contribution in [0.2, 0.25) is 0 Å². The molecule has 2 aromatic rings. The predicted octanol–water partition coefficient (Wildman–Crippen LogP) is 2.26. The van der Waals surface area contributed by atoms with Crippen LogP contribution in [-0.4, -0.2) is 18.4 Å². The van der Waals surface area contributed by atoms with E-state index in [0.29, 0.717) is 5.56 Å². The fourth-order valence-corrected chi connectivity index (χ4v) is 1.83. The summed E-state index contributed by atoms with van der Waals surface area (Å²) in [5, 5.41) is 4.53. The summed E-state index contributed by atoms with van der Waals surface area (Å²) in [6.45, 7) is 0.102. The van der Waals surface area contributed by atoms with Crippen molar-refractivity contribution < 1.29 is 18.4 Å². The summed E-state index contributed by atoms with van der Waals surface area (Å²) in [4.78, 5) is 23.2. The average molecular weight is 304 g/mol. The lowest BCUT2D eigenvalue weighted by atomic mass is 10.1. The van der Waals surface area contributed by atoms with Crippen LogP contribution in [0.1, 0.15) is 5.56 Å². The van der Waals surface area contributed by atoms with E-state index in [2.05, 4.69) is 10.6 Å². The minimum atomic E-state index is -0.973. The number of nitrogens with one attached hydrogen (secondary N) is 2. The van der Waals surface area contributed by atoms with Crippen molar-refractivity contribution in [1.29, 1.82) is 0 Å². The third-order valence-corrected chi connectivity index (χ3v) is 2.97. The van der Waals surface area contributed by atoms with E-state index >= 15 is 0 Å². The van der Waals surface area contributed by atoms with Gasteiger partial charge in [0.1, 0.15) is 11.6 Å². The molecule has 0 bridgehead atoms. The number of amides is 2. The first-order chi connectivity index (χ1) is 10.6. The Balaban J connectivity index is 1.83. The Morgan fingerprint density at radius 3 is 2.18 bits per heavy atom.